The molecule has 0 aliphatic carbocycles. The number of rotatable bonds is 5. The molecule has 1 fully saturated rings. The summed E-state index contributed by atoms with van der Waals surface area (Å²) in [5, 5.41) is 20.2. The summed E-state index contributed by atoms with van der Waals surface area (Å²) in [6, 6.07) is 3.50. The van der Waals surface area contributed by atoms with Crippen LogP contribution < -0.4 is 5.32 Å². The second kappa shape index (κ2) is 7.19. The lowest BCUT2D eigenvalue weighted by Gasteiger charge is -2.30. The maximum Gasteiger partial charge on any atom is 0.274 e. The van der Waals surface area contributed by atoms with Crippen LogP contribution >= 0.6 is 0 Å². The van der Waals surface area contributed by atoms with E-state index in [4.69, 9.17) is 5.11 Å². The number of carbonyl (C=O) groups excluding carboxylic acids is 1. The summed E-state index contributed by atoms with van der Waals surface area (Å²) in [5.74, 6) is 0.948. The Morgan fingerprint density at radius 1 is 1.40 bits per heavy atom. The van der Waals surface area contributed by atoms with Gasteiger partial charge in [-0.1, -0.05) is 6.92 Å². The van der Waals surface area contributed by atoms with Crippen LogP contribution in [0, 0.1) is 5.92 Å². The quantitative estimate of drug-likeness (QED) is 0.844. The Morgan fingerprint density at radius 3 is 2.70 bits per heavy atom. The minimum Gasteiger partial charge on any atom is -0.396 e. The predicted octanol–water partition coefficient (Wildman–Crippen LogP) is 1.14. The second-order valence-electron chi connectivity index (χ2n) is 5.15. The average Bonchev–Trinajstić information content (AvgIpc) is 2.53. The largest absolute Gasteiger partial charge is 0.396 e. The van der Waals surface area contributed by atoms with Crippen LogP contribution in [0.2, 0.25) is 0 Å². The molecule has 6 nitrogen and oxygen atoms in total. The van der Waals surface area contributed by atoms with Gasteiger partial charge in [-0.15, -0.1) is 10.2 Å². The number of likely N-dealkylation sites (tertiary alicyclic amines) is 1. The lowest BCUT2D eigenvalue weighted by atomic mass is 9.98. The summed E-state index contributed by atoms with van der Waals surface area (Å²) in [4.78, 5) is 14.0. The predicted molar refractivity (Wildman–Crippen MR) is 76.5 cm³/mol. The van der Waals surface area contributed by atoms with Gasteiger partial charge in [0.25, 0.3) is 5.91 Å². The van der Waals surface area contributed by atoms with Gasteiger partial charge in [-0.2, -0.15) is 0 Å². The fraction of sp³-hybridized carbons (Fsp3) is 0.643. The summed E-state index contributed by atoms with van der Waals surface area (Å²) < 4.78 is 0. The van der Waals surface area contributed by atoms with Gasteiger partial charge < -0.3 is 15.3 Å². The van der Waals surface area contributed by atoms with Crippen molar-refractivity contribution in [1.82, 2.24) is 15.1 Å². The third-order valence-corrected chi connectivity index (χ3v) is 3.60. The number of piperidine rings is 1. The minimum absolute atomic E-state index is 0.0732. The highest BCUT2D eigenvalue weighted by atomic mass is 16.3. The molecule has 2 N–H and O–H groups in total. The van der Waals surface area contributed by atoms with Crippen molar-refractivity contribution in [2.24, 2.45) is 5.92 Å². The van der Waals surface area contributed by atoms with Gasteiger partial charge in [-0.25, -0.2) is 0 Å². The Labute approximate surface area is 119 Å². The van der Waals surface area contributed by atoms with Gasteiger partial charge >= 0.3 is 0 Å². The first-order chi connectivity index (χ1) is 9.74. The molecule has 1 aromatic rings. The van der Waals surface area contributed by atoms with Crippen LogP contribution in [0.1, 0.15) is 36.7 Å². The van der Waals surface area contributed by atoms with Crippen molar-refractivity contribution in [2.45, 2.75) is 26.2 Å². The first-order valence-electron chi connectivity index (χ1n) is 7.22. The molecule has 0 atom stereocenters. The molecule has 0 saturated carbocycles. The van der Waals surface area contributed by atoms with Crippen molar-refractivity contribution < 1.29 is 9.90 Å². The molecular formula is C14H22N4O2. The molecule has 110 valence electrons. The van der Waals surface area contributed by atoms with Gasteiger partial charge in [0, 0.05) is 26.2 Å². The average molecular weight is 278 g/mol. The zero-order valence-electron chi connectivity index (χ0n) is 11.9. The zero-order chi connectivity index (χ0) is 14.4. The minimum atomic E-state index is -0.0732. The van der Waals surface area contributed by atoms with E-state index in [1.807, 2.05) is 0 Å². The van der Waals surface area contributed by atoms with Crippen molar-refractivity contribution in [3.05, 3.63) is 17.8 Å². The van der Waals surface area contributed by atoms with E-state index in [9.17, 15) is 4.79 Å². The SMILES string of the molecule is CCCNc1ccc(C(=O)N2CCC(CO)CC2)nn1. The molecule has 0 unspecified atom stereocenters. The zero-order valence-corrected chi connectivity index (χ0v) is 11.9. The summed E-state index contributed by atoms with van der Waals surface area (Å²) in [6.07, 6.45) is 2.72. The van der Waals surface area contributed by atoms with E-state index in [1.54, 1.807) is 17.0 Å². The van der Waals surface area contributed by atoms with E-state index < -0.39 is 0 Å². The molecule has 0 spiro atoms. The van der Waals surface area contributed by atoms with Crippen LogP contribution in [0.15, 0.2) is 12.1 Å². The summed E-state index contributed by atoms with van der Waals surface area (Å²) >= 11 is 0. The Morgan fingerprint density at radius 2 is 2.15 bits per heavy atom. The lowest BCUT2D eigenvalue weighted by molar-refractivity contribution is 0.0644. The van der Waals surface area contributed by atoms with E-state index in [2.05, 4.69) is 22.4 Å². The number of aromatic nitrogens is 2. The summed E-state index contributed by atoms with van der Waals surface area (Å²) in [6.45, 7) is 4.49. The molecule has 1 aromatic heterocycles. The van der Waals surface area contributed by atoms with Crippen molar-refractivity contribution in [1.29, 1.82) is 0 Å². The molecule has 0 aromatic carbocycles. The number of nitrogens with one attached hydrogen (secondary N) is 1. The molecule has 6 heteroatoms. The van der Waals surface area contributed by atoms with E-state index >= 15 is 0 Å². The van der Waals surface area contributed by atoms with E-state index in [1.165, 1.54) is 0 Å². The van der Waals surface area contributed by atoms with Crippen LogP contribution in [0.4, 0.5) is 5.82 Å². The number of amides is 1. The monoisotopic (exact) mass is 278 g/mol. The molecular weight excluding hydrogens is 256 g/mol. The smallest absolute Gasteiger partial charge is 0.274 e. The van der Waals surface area contributed by atoms with Crippen molar-refractivity contribution in [3.8, 4) is 0 Å². The number of aliphatic hydroxyl groups excluding tert-OH is 1. The highest BCUT2D eigenvalue weighted by Crippen LogP contribution is 2.18. The maximum atomic E-state index is 12.3. The van der Waals surface area contributed by atoms with Crippen LogP contribution in [-0.2, 0) is 0 Å². The van der Waals surface area contributed by atoms with Crippen molar-refractivity contribution in [3.63, 3.8) is 0 Å². The first-order valence-corrected chi connectivity index (χ1v) is 7.22. The fourth-order valence-corrected chi connectivity index (χ4v) is 2.27. The topological polar surface area (TPSA) is 78.4 Å². The number of hydrogen-bond acceptors (Lipinski definition) is 5. The van der Waals surface area contributed by atoms with Crippen LogP contribution in [0.25, 0.3) is 0 Å². The molecule has 2 heterocycles. The van der Waals surface area contributed by atoms with Gasteiger partial charge in [0.1, 0.15) is 5.82 Å². The molecule has 1 aliphatic rings. The standard InChI is InChI=1S/C14H22N4O2/c1-2-7-15-13-4-3-12(16-17-13)14(20)18-8-5-11(10-19)6-9-18/h3-4,11,19H,2,5-10H2,1H3,(H,15,17). The Kier molecular flexibility index (Phi) is 5.29. The molecule has 1 saturated heterocycles. The third-order valence-electron chi connectivity index (χ3n) is 3.60. The maximum absolute atomic E-state index is 12.3. The van der Waals surface area contributed by atoms with Crippen molar-refractivity contribution in [2.75, 3.05) is 31.6 Å². The highest BCUT2D eigenvalue weighted by molar-refractivity contribution is 5.92. The fourth-order valence-electron chi connectivity index (χ4n) is 2.27. The van der Waals surface area contributed by atoms with E-state index in [-0.39, 0.29) is 12.5 Å². The van der Waals surface area contributed by atoms with E-state index in [0.29, 0.717) is 30.5 Å². The van der Waals surface area contributed by atoms with Crippen molar-refractivity contribution >= 4 is 11.7 Å². The molecule has 0 bridgehead atoms. The number of aliphatic hydroxyl groups is 1. The van der Waals surface area contributed by atoms with Crippen LogP contribution in [-0.4, -0.2) is 52.4 Å². The second-order valence-corrected chi connectivity index (χ2v) is 5.15. The summed E-state index contributed by atoms with van der Waals surface area (Å²) in [5.41, 5.74) is 0.384. The lowest BCUT2D eigenvalue weighted by Crippen LogP contribution is -2.39. The molecule has 1 aliphatic heterocycles. The number of hydrogen-bond donors (Lipinski definition) is 2. The third kappa shape index (κ3) is 3.66. The van der Waals surface area contributed by atoms with Gasteiger partial charge in [0.05, 0.1) is 0 Å². The normalized spacial score (nSPS) is 16.2. The molecule has 0 radical (unpaired) electrons. The van der Waals surface area contributed by atoms with Gasteiger partial charge in [0.15, 0.2) is 5.69 Å². The van der Waals surface area contributed by atoms with Crippen LogP contribution in [0.5, 0.6) is 0 Å². The first kappa shape index (κ1) is 14.7. The molecule has 2 rings (SSSR count). The van der Waals surface area contributed by atoms with Gasteiger partial charge in [-0.05, 0) is 37.3 Å². The Bertz CT molecular complexity index is 427. The molecule has 1 amide bonds. The summed E-state index contributed by atoms with van der Waals surface area (Å²) in [7, 11) is 0. The molecule has 20 heavy (non-hydrogen) atoms. The number of anilines is 1. The Balaban J connectivity index is 1.92. The van der Waals surface area contributed by atoms with Gasteiger partial charge in [0.2, 0.25) is 0 Å². The highest BCUT2D eigenvalue weighted by Gasteiger charge is 2.24. The number of carbonyl (C=O) groups is 1. The van der Waals surface area contributed by atoms with Gasteiger partial charge in [-0.3, -0.25) is 4.79 Å². The Hall–Kier alpha value is -1.69. The number of nitrogens with zero attached hydrogens (tertiary/aromatic N) is 3. The van der Waals surface area contributed by atoms with Crippen LogP contribution in [0.3, 0.4) is 0 Å². The van der Waals surface area contributed by atoms with E-state index in [0.717, 1.165) is 25.8 Å².